The average molecular weight is 579 g/mol. The number of aldehydes is 1. The molecule has 1 fully saturated rings. The number of rotatable bonds is 15. The second kappa shape index (κ2) is 16.1. The number of hydrogen-bond donors (Lipinski definition) is 0. The van der Waals surface area contributed by atoms with Crippen LogP contribution >= 0.6 is 0 Å². The van der Waals surface area contributed by atoms with E-state index in [4.69, 9.17) is 23.7 Å². The summed E-state index contributed by atoms with van der Waals surface area (Å²) >= 11 is 0. The molecule has 5 rings (SSSR count). The van der Waals surface area contributed by atoms with Crippen LogP contribution in [0.15, 0.2) is 133 Å². The number of hydrogen-bond acceptors (Lipinski definition) is 6. The summed E-state index contributed by atoms with van der Waals surface area (Å²) in [5.74, 6) is 0. The average Bonchev–Trinajstić information content (AvgIpc) is 3.07. The van der Waals surface area contributed by atoms with Crippen LogP contribution in [-0.2, 0) is 54.9 Å². The van der Waals surface area contributed by atoms with E-state index in [1.807, 2.05) is 121 Å². The van der Waals surface area contributed by atoms with Gasteiger partial charge in [-0.15, -0.1) is 0 Å². The van der Waals surface area contributed by atoms with Gasteiger partial charge in [0, 0.05) is 5.57 Å². The lowest BCUT2D eigenvalue weighted by molar-refractivity contribution is -0.264. The first kappa shape index (κ1) is 30.5. The highest BCUT2D eigenvalue weighted by Crippen LogP contribution is 2.33. The van der Waals surface area contributed by atoms with E-state index in [0.29, 0.717) is 26.4 Å². The van der Waals surface area contributed by atoms with E-state index >= 15 is 0 Å². The van der Waals surface area contributed by atoms with Crippen molar-refractivity contribution < 1.29 is 28.5 Å². The fourth-order valence-corrected chi connectivity index (χ4v) is 5.15. The largest absolute Gasteiger partial charge is 0.374 e. The lowest BCUT2D eigenvalue weighted by atomic mass is 9.91. The maximum Gasteiger partial charge on any atom is 0.148 e. The third kappa shape index (κ3) is 8.80. The zero-order valence-electron chi connectivity index (χ0n) is 24.2. The lowest BCUT2D eigenvalue weighted by Gasteiger charge is -2.46. The van der Waals surface area contributed by atoms with Crippen molar-refractivity contribution in [3.05, 3.63) is 156 Å². The third-order valence-electron chi connectivity index (χ3n) is 7.40. The summed E-state index contributed by atoms with van der Waals surface area (Å²) < 4.78 is 32.5. The predicted octanol–water partition coefficient (Wildman–Crippen LogP) is 6.48. The van der Waals surface area contributed by atoms with Crippen LogP contribution in [0.4, 0.5) is 0 Å². The van der Waals surface area contributed by atoms with Gasteiger partial charge in [0.2, 0.25) is 0 Å². The summed E-state index contributed by atoms with van der Waals surface area (Å²) in [4.78, 5) is 12.1. The Morgan fingerprint density at radius 1 is 0.581 bits per heavy atom. The minimum absolute atomic E-state index is 0.230. The van der Waals surface area contributed by atoms with Crippen molar-refractivity contribution in [1.82, 2.24) is 0 Å². The van der Waals surface area contributed by atoms with Gasteiger partial charge in [0.25, 0.3) is 0 Å². The minimum atomic E-state index is -0.746. The molecule has 1 saturated heterocycles. The molecule has 4 aromatic carbocycles. The van der Waals surface area contributed by atoms with Gasteiger partial charge in [-0.25, -0.2) is 0 Å². The molecule has 0 spiro atoms. The van der Waals surface area contributed by atoms with Crippen LogP contribution in [0.2, 0.25) is 0 Å². The van der Waals surface area contributed by atoms with E-state index in [2.05, 4.69) is 6.58 Å². The zero-order chi connectivity index (χ0) is 29.7. The van der Waals surface area contributed by atoms with Gasteiger partial charge >= 0.3 is 0 Å². The van der Waals surface area contributed by atoms with Crippen molar-refractivity contribution in [2.45, 2.75) is 56.9 Å². The Kier molecular flexibility index (Phi) is 11.4. The summed E-state index contributed by atoms with van der Waals surface area (Å²) in [6.45, 7) is 5.66. The van der Waals surface area contributed by atoms with Crippen LogP contribution in [0, 0.1) is 0 Å². The maximum atomic E-state index is 12.1. The van der Waals surface area contributed by atoms with Crippen molar-refractivity contribution in [2.75, 3.05) is 6.61 Å². The smallest absolute Gasteiger partial charge is 0.148 e. The Balaban J connectivity index is 1.44. The number of carbonyl (C=O) groups is 1. The molecule has 0 saturated carbocycles. The molecular formula is C37H38O6. The van der Waals surface area contributed by atoms with Gasteiger partial charge in [0.05, 0.1) is 33.0 Å². The molecule has 4 aromatic rings. The van der Waals surface area contributed by atoms with Gasteiger partial charge in [-0.05, 0) is 22.3 Å². The molecule has 0 radical (unpaired) electrons. The monoisotopic (exact) mass is 578 g/mol. The summed E-state index contributed by atoms with van der Waals surface area (Å²) in [5, 5.41) is 0. The standard InChI is InChI=1S/C37H38O6/c1-28(22-38)34-36(41-25-31-18-10-4-11-19-31)37(42-26-32-20-12-5-13-21-32)35(40-24-30-16-8-3-9-17-30)33(43-34)27-39-23-29-14-6-2-7-15-29/h2-22,33-37H,1,23-27H2/t33-,34+,35-,36-,37+/m1/s1. The third-order valence-corrected chi connectivity index (χ3v) is 7.40. The highest BCUT2D eigenvalue weighted by molar-refractivity contribution is 5.74. The Bertz CT molecular complexity index is 1380. The zero-order valence-corrected chi connectivity index (χ0v) is 24.2. The van der Waals surface area contributed by atoms with E-state index in [0.717, 1.165) is 28.5 Å². The summed E-state index contributed by atoms with van der Waals surface area (Å²) in [6, 6.07) is 39.8. The quantitative estimate of drug-likeness (QED) is 0.119. The van der Waals surface area contributed by atoms with E-state index in [9.17, 15) is 4.79 Å². The Morgan fingerprint density at radius 2 is 0.977 bits per heavy atom. The first-order valence-electron chi connectivity index (χ1n) is 14.6. The second-order valence-electron chi connectivity index (χ2n) is 10.6. The van der Waals surface area contributed by atoms with Crippen LogP contribution in [0.1, 0.15) is 22.3 Å². The van der Waals surface area contributed by atoms with Gasteiger partial charge in [0.1, 0.15) is 36.8 Å². The SMILES string of the molecule is C=C(C=O)[C@@H]1O[C@H](COCc2ccccc2)[C@@H](OCc2ccccc2)[C@H](OCc2ccccc2)[C@@H]1OCc1ccccc1. The molecule has 0 N–H and O–H groups in total. The topological polar surface area (TPSA) is 63.2 Å². The summed E-state index contributed by atoms with van der Waals surface area (Å²) in [7, 11) is 0. The van der Waals surface area contributed by atoms with E-state index < -0.39 is 30.5 Å². The molecule has 0 aliphatic carbocycles. The van der Waals surface area contributed by atoms with Crippen molar-refractivity contribution in [3.8, 4) is 0 Å². The van der Waals surface area contributed by atoms with Gasteiger partial charge in [-0.1, -0.05) is 128 Å². The molecule has 6 nitrogen and oxygen atoms in total. The predicted molar refractivity (Wildman–Crippen MR) is 165 cm³/mol. The van der Waals surface area contributed by atoms with Crippen LogP contribution in [-0.4, -0.2) is 43.4 Å². The molecule has 0 amide bonds. The Hall–Kier alpha value is -3.91. The highest BCUT2D eigenvalue weighted by Gasteiger charge is 2.49. The van der Waals surface area contributed by atoms with Crippen molar-refractivity contribution in [3.63, 3.8) is 0 Å². The van der Waals surface area contributed by atoms with E-state index in [-0.39, 0.29) is 12.2 Å². The molecule has 0 bridgehead atoms. The molecule has 6 heteroatoms. The van der Waals surface area contributed by atoms with Gasteiger partial charge in [-0.3, -0.25) is 4.79 Å². The molecule has 1 aliphatic rings. The number of ether oxygens (including phenoxy) is 5. The molecule has 5 atom stereocenters. The van der Waals surface area contributed by atoms with E-state index in [1.54, 1.807) is 0 Å². The minimum Gasteiger partial charge on any atom is -0.374 e. The first-order valence-corrected chi connectivity index (χ1v) is 14.6. The van der Waals surface area contributed by atoms with E-state index in [1.165, 1.54) is 0 Å². The first-order chi connectivity index (χ1) is 21.2. The molecule has 1 aliphatic heterocycles. The van der Waals surface area contributed by atoms with Crippen LogP contribution < -0.4 is 0 Å². The molecular weight excluding hydrogens is 540 g/mol. The molecule has 43 heavy (non-hydrogen) atoms. The van der Waals surface area contributed by atoms with Crippen molar-refractivity contribution >= 4 is 6.29 Å². The Labute approximate surface area is 253 Å². The van der Waals surface area contributed by atoms with Gasteiger partial charge < -0.3 is 23.7 Å². The molecule has 0 aromatic heterocycles. The summed E-state index contributed by atoms with van der Waals surface area (Å²) in [5.41, 5.74) is 4.36. The van der Waals surface area contributed by atoms with Crippen molar-refractivity contribution in [2.24, 2.45) is 0 Å². The molecule has 1 heterocycles. The number of carbonyl (C=O) groups excluding carboxylic acids is 1. The fourth-order valence-electron chi connectivity index (χ4n) is 5.15. The maximum absolute atomic E-state index is 12.1. The number of benzene rings is 4. The van der Waals surface area contributed by atoms with Crippen LogP contribution in [0.3, 0.4) is 0 Å². The summed E-state index contributed by atoms with van der Waals surface area (Å²) in [6.07, 6.45) is -2.38. The second-order valence-corrected chi connectivity index (χ2v) is 10.6. The highest BCUT2D eigenvalue weighted by atomic mass is 16.6. The lowest BCUT2D eigenvalue weighted by Crippen LogP contribution is -2.61. The normalized spacial score (nSPS) is 21.7. The Morgan fingerprint density at radius 3 is 1.42 bits per heavy atom. The van der Waals surface area contributed by atoms with Gasteiger partial charge in [-0.2, -0.15) is 0 Å². The van der Waals surface area contributed by atoms with Crippen molar-refractivity contribution in [1.29, 1.82) is 0 Å². The van der Waals surface area contributed by atoms with Crippen LogP contribution in [0.25, 0.3) is 0 Å². The molecule has 0 unspecified atom stereocenters. The van der Waals surface area contributed by atoms with Crippen LogP contribution in [0.5, 0.6) is 0 Å². The molecule has 222 valence electrons. The van der Waals surface area contributed by atoms with Gasteiger partial charge in [0.15, 0.2) is 0 Å². The fraction of sp³-hybridized carbons (Fsp3) is 0.270.